The lowest BCUT2D eigenvalue weighted by Crippen LogP contribution is -2.22. The summed E-state index contributed by atoms with van der Waals surface area (Å²) < 4.78 is 10.7. The molecule has 0 fully saturated rings. The Morgan fingerprint density at radius 2 is 1.78 bits per heavy atom. The van der Waals surface area contributed by atoms with Crippen molar-refractivity contribution in [2.24, 2.45) is 5.92 Å². The van der Waals surface area contributed by atoms with E-state index in [9.17, 15) is 0 Å². The van der Waals surface area contributed by atoms with E-state index in [0.29, 0.717) is 12.0 Å². The zero-order valence-electron chi connectivity index (χ0n) is 11.9. The maximum absolute atomic E-state index is 5.66. The van der Waals surface area contributed by atoms with Crippen LogP contribution in [0.3, 0.4) is 0 Å². The van der Waals surface area contributed by atoms with Gasteiger partial charge in [0.05, 0.1) is 13.2 Å². The van der Waals surface area contributed by atoms with Gasteiger partial charge in [0.1, 0.15) is 5.75 Å². The standard InChI is InChI=1S/C15H25NO2/c1-12(2)11-18-15-7-5-14(6-8-15)13(3)16-9-10-17-4/h5-8,12-13,16H,9-11H2,1-4H3. The molecule has 3 nitrogen and oxygen atoms in total. The summed E-state index contributed by atoms with van der Waals surface area (Å²) in [4.78, 5) is 0. The van der Waals surface area contributed by atoms with Gasteiger partial charge in [-0.1, -0.05) is 26.0 Å². The van der Waals surface area contributed by atoms with Crippen LogP contribution in [0, 0.1) is 5.92 Å². The molecule has 0 aliphatic carbocycles. The van der Waals surface area contributed by atoms with Crippen molar-refractivity contribution in [3.05, 3.63) is 29.8 Å². The van der Waals surface area contributed by atoms with Crippen LogP contribution in [0.25, 0.3) is 0 Å². The van der Waals surface area contributed by atoms with Gasteiger partial charge < -0.3 is 14.8 Å². The SMILES string of the molecule is COCCNC(C)c1ccc(OCC(C)C)cc1. The fourth-order valence-electron chi connectivity index (χ4n) is 1.61. The van der Waals surface area contributed by atoms with E-state index in [1.165, 1.54) is 5.56 Å². The molecule has 1 unspecified atom stereocenters. The Labute approximate surface area is 110 Å². The van der Waals surface area contributed by atoms with Gasteiger partial charge in [0, 0.05) is 19.7 Å². The van der Waals surface area contributed by atoms with E-state index in [0.717, 1.165) is 25.5 Å². The highest BCUT2D eigenvalue weighted by Gasteiger charge is 2.04. The van der Waals surface area contributed by atoms with Crippen LogP contribution in [0.1, 0.15) is 32.4 Å². The van der Waals surface area contributed by atoms with Crippen molar-refractivity contribution in [2.45, 2.75) is 26.8 Å². The maximum atomic E-state index is 5.66. The van der Waals surface area contributed by atoms with Crippen LogP contribution in [0.4, 0.5) is 0 Å². The smallest absolute Gasteiger partial charge is 0.119 e. The van der Waals surface area contributed by atoms with Crippen LogP contribution in [-0.2, 0) is 4.74 Å². The van der Waals surface area contributed by atoms with Crippen LogP contribution in [0.15, 0.2) is 24.3 Å². The lowest BCUT2D eigenvalue weighted by molar-refractivity contribution is 0.196. The molecule has 1 rings (SSSR count). The minimum absolute atomic E-state index is 0.333. The van der Waals surface area contributed by atoms with Crippen molar-refractivity contribution >= 4 is 0 Å². The Balaban J connectivity index is 2.43. The van der Waals surface area contributed by atoms with Crippen LogP contribution >= 0.6 is 0 Å². The molecule has 0 heterocycles. The predicted molar refractivity (Wildman–Crippen MR) is 75.1 cm³/mol. The first-order chi connectivity index (χ1) is 8.63. The summed E-state index contributed by atoms with van der Waals surface area (Å²) >= 11 is 0. The third kappa shape index (κ3) is 5.52. The highest BCUT2D eigenvalue weighted by molar-refractivity contribution is 5.28. The second kappa shape index (κ2) is 8.11. The van der Waals surface area contributed by atoms with Crippen LogP contribution in [0.5, 0.6) is 5.75 Å². The summed E-state index contributed by atoms with van der Waals surface area (Å²) in [5.74, 6) is 1.50. The van der Waals surface area contributed by atoms with E-state index in [4.69, 9.17) is 9.47 Å². The topological polar surface area (TPSA) is 30.5 Å². The molecule has 0 saturated heterocycles. The Kier molecular flexibility index (Phi) is 6.76. The Morgan fingerprint density at radius 3 is 2.33 bits per heavy atom. The first-order valence-electron chi connectivity index (χ1n) is 6.58. The van der Waals surface area contributed by atoms with E-state index in [2.05, 4.69) is 38.2 Å². The molecule has 1 aromatic rings. The first-order valence-corrected chi connectivity index (χ1v) is 6.58. The van der Waals surface area contributed by atoms with Gasteiger partial charge >= 0.3 is 0 Å². The van der Waals surface area contributed by atoms with Crippen LogP contribution in [0.2, 0.25) is 0 Å². The summed E-state index contributed by atoms with van der Waals surface area (Å²) in [5.41, 5.74) is 1.27. The molecule has 102 valence electrons. The van der Waals surface area contributed by atoms with Gasteiger partial charge in [-0.05, 0) is 30.5 Å². The van der Waals surface area contributed by atoms with E-state index < -0.39 is 0 Å². The summed E-state index contributed by atoms with van der Waals surface area (Å²) in [7, 11) is 1.72. The molecule has 0 radical (unpaired) electrons. The second-order valence-electron chi connectivity index (χ2n) is 4.94. The molecule has 0 amide bonds. The highest BCUT2D eigenvalue weighted by atomic mass is 16.5. The van der Waals surface area contributed by atoms with Crippen molar-refractivity contribution in [1.82, 2.24) is 5.32 Å². The second-order valence-corrected chi connectivity index (χ2v) is 4.94. The monoisotopic (exact) mass is 251 g/mol. The minimum atomic E-state index is 0.333. The molecular formula is C15H25NO2. The normalized spacial score (nSPS) is 12.7. The maximum Gasteiger partial charge on any atom is 0.119 e. The van der Waals surface area contributed by atoms with Gasteiger partial charge in [0.2, 0.25) is 0 Å². The van der Waals surface area contributed by atoms with E-state index >= 15 is 0 Å². The molecule has 0 aliphatic heterocycles. The molecule has 0 spiro atoms. The van der Waals surface area contributed by atoms with Crippen LogP contribution < -0.4 is 10.1 Å². The molecular weight excluding hydrogens is 226 g/mol. The third-order valence-corrected chi connectivity index (χ3v) is 2.72. The fourth-order valence-corrected chi connectivity index (χ4v) is 1.61. The summed E-state index contributed by atoms with van der Waals surface area (Å²) in [6, 6.07) is 8.62. The van der Waals surface area contributed by atoms with Crippen LogP contribution in [-0.4, -0.2) is 26.9 Å². The summed E-state index contributed by atoms with van der Waals surface area (Å²) in [6.07, 6.45) is 0. The number of hydrogen-bond donors (Lipinski definition) is 1. The van der Waals surface area contributed by atoms with E-state index in [-0.39, 0.29) is 0 Å². The largest absolute Gasteiger partial charge is 0.493 e. The predicted octanol–water partition coefficient (Wildman–Crippen LogP) is 3.02. The van der Waals surface area contributed by atoms with Crippen molar-refractivity contribution < 1.29 is 9.47 Å². The molecule has 18 heavy (non-hydrogen) atoms. The Morgan fingerprint density at radius 1 is 1.11 bits per heavy atom. The third-order valence-electron chi connectivity index (χ3n) is 2.72. The lowest BCUT2D eigenvalue weighted by Gasteiger charge is -2.15. The summed E-state index contributed by atoms with van der Waals surface area (Å²) in [5, 5.41) is 3.40. The van der Waals surface area contributed by atoms with Crippen molar-refractivity contribution in [1.29, 1.82) is 0 Å². The highest BCUT2D eigenvalue weighted by Crippen LogP contribution is 2.17. The zero-order chi connectivity index (χ0) is 13.4. The van der Waals surface area contributed by atoms with Crippen molar-refractivity contribution in [3.63, 3.8) is 0 Å². The molecule has 1 N–H and O–H groups in total. The molecule has 1 aromatic carbocycles. The average Bonchev–Trinajstić information content (AvgIpc) is 2.37. The molecule has 0 bridgehead atoms. The molecule has 0 aromatic heterocycles. The van der Waals surface area contributed by atoms with Crippen molar-refractivity contribution in [2.75, 3.05) is 26.9 Å². The first kappa shape index (κ1) is 15.0. The molecule has 0 saturated carbocycles. The van der Waals surface area contributed by atoms with Gasteiger partial charge in [-0.2, -0.15) is 0 Å². The van der Waals surface area contributed by atoms with Gasteiger partial charge in [-0.15, -0.1) is 0 Å². The fraction of sp³-hybridized carbons (Fsp3) is 0.600. The lowest BCUT2D eigenvalue weighted by atomic mass is 10.1. The average molecular weight is 251 g/mol. The zero-order valence-corrected chi connectivity index (χ0v) is 11.9. The number of rotatable bonds is 8. The van der Waals surface area contributed by atoms with Gasteiger partial charge in [-0.3, -0.25) is 0 Å². The number of ether oxygens (including phenoxy) is 2. The number of hydrogen-bond acceptors (Lipinski definition) is 3. The van der Waals surface area contributed by atoms with E-state index in [1.54, 1.807) is 7.11 Å². The number of nitrogens with one attached hydrogen (secondary N) is 1. The Bertz CT molecular complexity index is 322. The van der Waals surface area contributed by atoms with Gasteiger partial charge in [0.25, 0.3) is 0 Å². The summed E-state index contributed by atoms with van der Waals surface area (Å²) in [6.45, 7) is 8.82. The van der Waals surface area contributed by atoms with Gasteiger partial charge in [0.15, 0.2) is 0 Å². The van der Waals surface area contributed by atoms with E-state index in [1.807, 2.05) is 12.1 Å². The molecule has 0 aliphatic rings. The molecule has 3 heteroatoms. The Hall–Kier alpha value is -1.06. The van der Waals surface area contributed by atoms with Gasteiger partial charge in [-0.25, -0.2) is 0 Å². The number of benzene rings is 1. The number of methoxy groups -OCH3 is 1. The minimum Gasteiger partial charge on any atom is -0.493 e. The molecule has 1 atom stereocenters. The van der Waals surface area contributed by atoms with Crippen molar-refractivity contribution in [3.8, 4) is 5.75 Å². The quantitative estimate of drug-likeness (QED) is 0.720.